The van der Waals surface area contributed by atoms with Crippen LogP contribution in [0.1, 0.15) is 33.1 Å². The molecule has 4 nitrogen and oxygen atoms in total. The largest absolute Gasteiger partial charge is 0.355 e. The zero-order chi connectivity index (χ0) is 17.5. The topological polar surface area (TPSA) is 49.4 Å². The molecule has 1 saturated heterocycles. The molecule has 2 unspecified atom stereocenters. The SMILES string of the molecule is CC1CCCN(C(=O)CCNC(=O)C(C)Sc2ccccc2Cl)C1. The number of likely N-dealkylation sites (tertiary alicyclic amines) is 1. The van der Waals surface area contributed by atoms with Crippen molar-refractivity contribution in [3.05, 3.63) is 29.3 Å². The van der Waals surface area contributed by atoms with Gasteiger partial charge in [-0.2, -0.15) is 0 Å². The Morgan fingerprint density at radius 3 is 2.88 bits per heavy atom. The standard InChI is InChI=1S/C18H25ClN2O2S/c1-13-6-5-11-21(12-13)17(22)9-10-20-18(23)14(2)24-16-8-4-3-7-15(16)19/h3-4,7-8,13-14H,5-6,9-12H2,1-2H3,(H,20,23). The number of benzene rings is 1. The van der Waals surface area contributed by atoms with Gasteiger partial charge >= 0.3 is 0 Å². The Morgan fingerprint density at radius 2 is 2.17 bits per heavy atom. The summed E-state index contributed by atoms with van der Waals surface area (Å²) in [6.07, 6.45) is 2.63. The number of halogens is 1. The molecule has 6 heteroatoms. The van der Waals surface area contributed by atoms with Crippen LogP contribution in [0.5, 0.6) is 0 Å². The Balaban J connectivity index is 1.72. The molecule has 0 spiro atoms. The first-order chi connectivity index (χ1) is 11.5. The minimum Gasteiger partial charge on any atom is -0.355 e. The minimum atomic E-state index is -0.255. The van der Waals surface area contributed by atoms with Crippen molar-refractivity contribution in [2.24, 2.45) is 5.92 Å². The third kappa shape index (κ3) is 5.71. The summed E-state index contributed by atoms with van der Waals surface area (Å²) in [5, 5.41) is 3.25. The fourth-order valence-corrected chi connectivity index (χ4v) is 3.97. The molecule has 1 aromatic rings. The van der Waals surface area contributed by atoms with E-state index in [-0.39, 0.29) is 17.1 Å². The van der Waals surface area contributed by atoms with E-state index in [1.54, 1.807) is 0 Å². The molecule has 0 saturated carbocycles. The van der Waals surface area contributed by atoms with Crippen molar-refractivity contribution in [3.8, 4) is 0 Å². The number of thioether (sulfide) groups is 1. The van der Waals surface area contributed by atoms with Gasteiger partial charge in [-0.05, 0) is 37.8 Å². The van der Waals surface area contributed by atoms with E-state index < -0.39 is 0 Å². The molecule has 2 amide bonds. The lowest BCUT2D eigenvalue weighted by Gasteiger charge is -2.31. The van der Waals surface area contributed by atoms with Gasteiger partial charge in [0.05, 0.1) is 10.3 Å². The zero-order valence-corrected chi connectivity index (χ0v) is 15.8. The Kier molecular flexibility index (Phi) is 7.43. The fourth-order valence-electron chi connectivity index (χ4n) is 2.79. The summed E-state index contributed by atoms with van der Waals surface area (Å²) in [5.74, 6) is 0.636. The summed E-state index contributed by atoms with van der Waals surface area (Å²) in [6.45, 7) is 6.09. The van der Waals surface area contributed by atoms with Gasteiger partial charge in [-0.3, -0.25) is 9.59 Å². The number of hydrogen-bond donors (Lipinski definition) is 1. The first-order valence-corrected chi connectivity index (χ1v) is 9.70. The predicted octanol–water partition coefficient (Wildman–Crippen LogP) is 3.59. The van der Waals surface area contributed by atoms with E-state index in [1.807, 2.05) is 36.1 Å². The average molecular weight is 369 g/mol. The Labute approximate surface area is 153 Å². The quantitative estimate of drug-likeness (QED) is 0.780. The molecule has 0 aromatic heterocycles. The highest BCUT2D eigenvalue weighted by atomic mass is 35.5. The maximum atomic E-state index is 12.2. The number of nitrogens with zero attached hydrogens (tertiary/aromatic N) is 1. The third-order valence-corrected chi connectivity index (χ3v) is 5.78. The van der Waals surface area contributed by atoms with Crippen molar-refractivity contribution in [2.45, 2.75) is 43.3 Å². The van der Waals surface area contributed by atoms with Crippen molar-refractivity contribution in [1.82, 2.24) is 10.2 Å². The van der Waals surface area contributed by atoms with E-state index in [0.717, 1.165) is 24.4 Å². The molecule has 132 valence electrons. The molecule has 0 bridgehead atoms. The van der Waals surface area contributed by atoms with Gasteiger partial charge in [-0.15, -0.1) is 11.8 Å². The Hall–Kier alpha value is -1.20. The van der Waals surface area contributed by atoms with Crippen LogP contribution in [0.15, 0.2) is 29.2 Å². The van der Waals surface area contributed by atoms with Gasteiger partial charge in [-0.1, -0.05) is 30.7 Å². The summed E-state index contributed by atoms with van der Waals surface area (Å²) in [7, 11) is 0. The summed E-state index contributed by atoms with van der Waals surface area (Å²) >= 11 is 7.54. The molecule has 1 N–H and O–H groups in total. The van der Waals surface area contributed by atoms with Crippen LogP contribution in [0.4, 0.5) is 0 Å². The van der Waals surface area contributed by atoms with Gasteiger partial charge in [0.2, 0.25) is 11.8 Å². The Bertz CT molecular complexity index is 582. The molecule has 1 fully saturated rings. The number of amides is 2. The lowest BCUT2D eigenvalue weighted by molar-refractivity contribution is -0.132. The lowest BCUT2D eigenvalue weighted by atomic mass is 10.00. The van der Waals surface area contributed by atoms with Crippen molar-refractivity contribution in [1.29, 1.82) is 0 Å². The van der Waals surface area contributed by atoms with Crippen molar-refractivity contribution >= 4 is 35.2 Å². The highest BCUT2D eigenvalue weighted by Crippen LogP contribution is 2.29. The highest BCUT2D eigenvalue weighted by molar-refractivity contribution is 8.00. The summed E-state index contributed by atoms with van der Waals surface area (Å²) in [6, 6.07) is 7.48. The van der Waals surface area contributed by atoms with Gasteiger partial charge in [0.1, 0.15) is 0 Å². The van der Waals surface area contributed by atoms with E-state index in [9.17, 15) is 9.59 Å². The highest BCUT2D eigenvalue weighted by Gasteiger charge is 2.21. The maximum absolute atomic E-state index is 12.2. The normalized spacial score (nSPS) is 19.0. The molecule has 2 atom stereocenters. The van der Waals surface area contributed by atoms with Gasteiger partial charge in [0.25, 0.3) is 0 Å². The second-order valence-electron chi connectivity index (χ2n) is 6.32. The molecule has 1 aliphatic heterocycles. The first-order valence-electron chi connectivity index (χ1n) is 8.44. The van der Waals surface area contributed by atoms with Gasteiger partial charge in [-0.25, -0.2) is 0 Å². The van der Waals surface area contributed by atoms with Crippen LogP contribution in [-0.2, 0) is 9.59 Å². The van der Waals surface area contributed by atoms with Crippen LogP contribution in [-0.4, -0.2) is 41.6 Å². The fraction of sp³-hybridized carbons (Fsp3) is 0.556. The van der Waals surface area contributed by atoms with E-state index >= 15 is 0 Å². The number of carbonyl (C=O) groups excluding carboxylic acids is 2. The van der Waals surface area contributed by atoms with E-state index in [4.69, 9.17) is 11.6 Å². The van der Waals surface area contributed by atoms with Gasteiger partial charge in [0.15, 0.2) is 0 Å². The van der Waals surface area contributed by atoms with E-state index in [1.165, 1.54) is 18.2 Å². The number of hydrogen-bond acceptors (Lipinski definition) is 3. The van der Waals surface area contributed by atoms with E-state index in [2.05, 4.69) is 12.2 Å². The zero-order valence-electron chi connectivity index (χ0n) is 14.3. The molecular formula is C18H25ClN2O2S. The van der Waals surface area contributed by atoms with Crippen molar-refractivity contribution in [2.75, 3.05) is 19.6 Å². The molecule has 1 heterocycles. The molecule has 1 aliphatic rings. The van der Waals surface area contributed by atoms with Crippen molar-refractivity contribution in [3.63, 3.8) is 0 Å². The molecular weight excluding hydrogens is 344 g/mol. The van der Waals surface area contributed by atoms with Crippen LogP contribution in [0, 0.1) is 5.92 Å². The smallest absolute Gasteiger partial charge is 0.233 e. The van der Waals surface area contributed by atoms with Crippen LogP contribution >= 0.6 is 23.4 Å². The molecule has 0 aliphatic carbocycles. The first kappa shape index (κ1) is 19.1. The minimum absolute atomic E-state index is 0.0697. The Morgan fingerprint density at radius 1 is 1.42 bits per heavy atom. The lowest BCUT2D eigenvalue weighted by Crippen LogP contribution is -2.41. The van der Waals surface area contributed by atoms with Crippen LogP contribution < -0.4 is 5.32 Å². The van der Waals surface area contributed by atoms with Crippen LogP contribution in [0.25, 0.3) is 0 Å². The molecule has 2 rings (SSSR count). The molecule has 1 aromatic carbocycles. The predicted molar refractivity (Wildman–Crippen MR) is 99.4 cm³/mol. The number of rotatable bonds is 6. The summed E-state index contributed by atoms with van der Waals surface area (Å²) in [5.41, 5.74) is 0. The number of nitrogens with one attached hydrogen (secondary N) is 1. The summed E-state index contributed by atoms with van der Waals surface area (Å²) < 4.78 is 0. The van der Waals surface area contributed by atoms with Crippen LogP contribution in [0.2, 0.25) is 5.02 Å². The second-order valence-corrected chi connectivity index (χ2v) is 8.11. The molecule has 0 radical (unpaired) electrons. The van der Waals surface area contributed by atoms with E-state index in [0.29, 0.717) is 23.9 Å². The van der Waals surface area contributed by atoms with Gasteiger partial charge < -0.3 is 10.2 Å². The maximum Gasteiger partial charge on any atom is 0.233 e. The average Bonchev–Trinajstić information content (AvgIpc) is 2.56. The molecule has 24 heavy (non-hydrogen) atoms. The monoisotopic (exact) mass is 368 g/mol. The van der Waals surface area contributed by atoms with Gasteiger partial charge in [0, 0.05) is 31.0 Å². The van der Waals surface area contributed by atoms with Crippen LogP contribution in [0.3, 0.4) is 0 Å². The number of piperidine rings is 1. The second kappa shape index (κ2) is 9.33. The number of carbonyl (C=O) groups is 2. The summed E-state index contributed by atoms with van der Waals surface area (Å²) in [4.78, 5) is 27.2. The third-order valence-electron chi connectivity index (χ3n) is 4.16. The van der Waals surface area contributed by atoms with Crippen molar-refractivity contribution < 1.29 is 9.59 Å².